The van der Waals surface area contributed by atoms with E-state index in [0.717, 1.165) is 18.2 Å². The van der Waals surface area contributed by atoms with E-state index < -0.39 is 23.4 Å². The summed E-state index contributed by atoms with van der Waals surface area (Å²) in [4.78, 5) is 4.14. The van der Waals surface area contributed by atoms with Gasteiger partial charge in [-0.15, -0.1) is 0 Å². The number of nitrogens with one attached hydrogen (secondary N) is 2. The van der Waals surface area contributed by atoms with Crippen LogP contribution in [0.4, 0.5) is 22.0 Å². The number of rotatable bonds is 5. The van der Waals surface area contributed by atoms with Gasteiger partial charge >= 0.3 is 6.18 Å². The number of guanidine groups is 1. The van der Waals surface area contributed by atoms with Crippen molar-refractivity contribution in [2.24, 2.45) is 4.99 Å². The standard InChI is InChI=1S/C19H17F5N4/c1-2-26-18(28-11-14-4-3-12(9-25)7-17(14)21)27-10-13-5-6-15(20)8-16(13)19(22,23)24/h3-8H,2,10-11H2,1H3,(H2,26,27,28). The lowest BCUT2D eigenvalue weighted by molar-refractivity contribution is -0.138. The molecule has 148 valence electrons. The van der Waals surface area contributed by atoms with Crippen LogP contribution in [0.1, 0.15) is 29.2 Å². The molecule has 28 heavy (non-hydrogen) atoms. The molecule has 9 heteroatoms. The summed E-state index contributed by atoms with van der Waals surface area (Å²) in [6.45, 7) is 1.86. The quantitative estimate of drug-likeness (QED) is 0.454. The van der Waals surface area contributed by atoms with Gasteiger partial charge in [0.2, 0.25) is 0 Å². The lowest BCUT2D eigenvalue weighted by atomic mass is 10.1. The van der Waals surface area contributed by atoms with Crippen LogP contribution in [0.25, 0.3) is 0 Å². The zero-order valence-electron chi connectivity index (χ0n) is 14.9. The van der Waals surface area contributed by atoms with Crippen LogP contribution in [0, 0.1) is 23.0 Å². The molecule has 0 aliphatic heterocycles. The molecule has 0 aliphatic carbocycles. The second-order valence-corrected chi connectivity index (χ2v) is 5.77. The molecule has 0 atom stereocenters. The first-order chi connectivity index (χ1) is 13.2. The fourth-order valence-electron chi connectivity index (χ4n) is 2.40. The lowest BCUT2D eigenvalue weighted by Gasteiger charge is -2.16. The highest BCUT2D eigenvalue weighted by molar-refractivity contribution is 5.79. The van der Waals surface area contributed by atoms with Crippen LogP contribution in [0.15, 0.2) is 41.4 Å². The van der Waals surface area contributed by atoms with E-state index in [2.05, 4.69) is 15.6 Å². The highest BCUT2D eigenvalue weighted by atomic mass is 19.4. The summed E-state index contributed by atoms with van der Waals surface area (Å²) in [5.41, 5.74) is -0.821. The lowest BCUT2D eigenvalue weighted by Crippen LogP contribution is -2.37. The molecular weight excluding hydrogens is 379 g/mol. The number of nitrogens with zero attached hydrogens (tertiary/aromatic N) is 2. The minimum Gasteiger partial charge on any atom is -0.357 e. The molecule has 0 spiro atoms. The minimum absolute atomic E-state index is 0.0809. The maximum atomic E-state index is 13.9. The van der Waals surface area contributed by atoms with E-state index in [1.165, 1.54) is 12.1 Å². The maximum Gasteiger partial charge on any atom is 0.416 e. The van der Waals surface area contributed by atoms with Crippen molar-refractivity contribution in [2.75, 3.05) is 6.54 Å². The van der Waals surface area contributed by atoms with Crippen LogP contribution < -0.4 is 10.6 Å². The molecule has 4 nitrogen and oxygen atoms in total. The van der Waals surface area contributed by atoms with Gasteiger partial charge in [0, 0.05) is 18.7 Å². The van der Waals surface area contributed by atoms with Crippen LogP contribution in [0.5, 0.6) is 0 Å². The first kappa shape index (κ1) is 21.2. The molecule has 2 rings (SSSR count). The SMILES string of the molecule is CCNC(=NCc1ccc(C#N)cc1F)NCc1ccc(F)cc1C(F)(F)F. The van der Waals surface area contributed by atoms with Crippen molar-refractivity contribution in [3.63, 3.8) is 0 Å². The van der Waals surface area contributed by atoms with E-state index in [0.29, 0.717) is 12.6 Å². The number of hydrogen-bond donors (Lipinski definition) is 2. The van der Waals surface area contributed by atoms with Gasteiger partial charge in [-0.05, 0) is 36.8 Å². The molecule has 0 fully saturated rings. The highest BCUT2D eigenvalue weighted by Gasteiger charge is 2.33. The molecule has 2 N–H and O–H groups in total. The molecule has 0 saturated heterocycles. The number of nitriles is 1. The Balaban J connectivity index is 2.16. The summed E-state index contributed by atoms with van der Waals surface area (Å²) in [6, 6.07) is 8.20. The largest absolute Gasteiger partial charge is 0.416 e. The topological polar surface area (TPSA) is 60.2 Å². The summed E-state index contributed by atoms with van der Waals surface area (Å²) in [5.74, 6) is -1.41. The Morgan fingerprint density at radius 1 is 1.07 bits per heavy atom. The van der Waals surface area contributed by atoms with Gasteiger partial charge in [-0.3, -0.25) is 0 Å². The predicted octanol–water partition coefficient (Wildman–Crippen LogP) is 4.11. The first-order valence-corrected chi connectivity index (χ1v) is 8.31. The van der Waals surface area contributed by atoms with Crippen LogP contribution in [0.3, 0.4) is 0 Å². The van der Waals surface area contributed by atoms with Gasteiger partial charge in [0.1, 0.15) is 11.6 Å². The van der Waals surface area contributed by atoms with Gasteiger partial charge in [-0.1, -0.05) is 12.1 Å². The number of alkyl halides is 3. The average molecular weight is 396 g/mol. The highest BCUT2D eigenvalue weighted by Crippen LogP contribution is 2.32. The van der Waals surface area contributed by atoms with Crippen LogP contribution >= 0.6 is 0 Å². The molecule has 0 aromatic heterocycles. The van der Waals surface area contributed by atoms with Crippen LogP contribution in [-0.4, -0.2) is 12.5 Å². The average Bonchev–Trinajstić information content (AvgIpc) is 2.64. The zero-order chi connectivity index (χ0) is 20.7. The number of halogens is 5. The Hall–Kier alpha value is -3.15. The van der Waals surface area contributed by atoms with E-state index >= 15 is 0 Å². The molecule has 2 aromatic carbocycles. The van der Waals surface area contributed by atoms with E-state index in [-0.39, 0.29) is 35.7 Å². The third-order valence-corrected chi connectivity index (χ3v) is 3.76. The maximum absolute atomic E-state index is 13.9. The van der Waals surface area contributed by atoms with Crippen molar-refractivity contribution in [1.82, 2.24) is 10.6 Å². The normalized spacial score (nSPS) is 11.8. The Morgan fingerprint density at radius 2 is 1.79 bits per heavy atom. The summed E-state index contributed by atoms with van der Waals surface area (Å²) >= 11 is 0. The van der Waals surface area contributed by atoms with E-state index in [9.17, 15) is 22.0 Å². The summed E-state index contributed by atoms with van der Waals surface area (Å²) in [6.07, 6.45) is -4.69. The Morgan fingerprint density at radius 3 is 2.39 bits per heavy atom. The second kappa shape index (κ2) is 9.17. The number of aliphatic imine (C=N–C) groups is 1. The Kier molecular flexibility index (Phi) is 6.93. The smallest absolute Gasteiger partial charge is 0.357 e. The van der Waals surface area contributed by atoms with Crippen LogP contribution in [0.2, 0.25) is 0 Å². The number of hydrogen-bond acceptors (Lipinski definition) is 2. The van der Waals surface area contributed by atoms with Gasteiger partial charge in [0.05, 0.1) is 23.7 Å². The molecule has 0 saturated carbocycles. The fraction of sp³-hybridized carbons (Fsp3) is 0.263. The van der Waals surface area contributed by atoms with Crippen molar-refractivity contribution in [3.8, 4) is 6.07 Å². The summed E-state index contributed by atoms with van der Waals surface area (Å²) in [5, 5.41) is 14.3. The zero-order valence-corrected chi connectivity index (χ0v) is 14.9. The molecule has 0 radical (unpaired) electrons. The third-order valence-electron chi connectivity index (χ3n) is 3.76. The monoisotopic (exact) mass is 396 g/mol. The van der Waals surface area contributed by atoms with Gasteiger partial charge < -0.3 is 10.6 Å². The van der Waals surface area contributed by atoms with Crippen molar-refractivity contribution >= 4 is 5.96 Å². The third kappa shape index (κ3) is 5.67. The summed E-state index contributed by atoms with van der Waals surface area (Å²) < 4.78 is 66.3. The molecule has 0 heterocycles. The predicted molar refractivity (Wildman–Crippen MR) is 94.2 cm³/mol. The molecule has 0 unspecified atom stereocenters. The second-order valence-electron chi connectivity index (χ2n) is 5.77. The van der Waals surface area contributed by atoms with Gasteiger partial charge in [0.15, 0.2) is 5.96 Å². The van der Waals surface area contributed by atoms with Crippen molar-refractivity contribution in [3.05, 3.63) is 70.3 Å². The fourth-order valence-corrected chi connectivity index (χ4v) is 2.40. The molecule has 0 amide bonds. The van der Waals surface area contributed by atoms with E-state index in [4.69, 9.17) is 5.26 Å². The van der Waals surface area contributed by atoms with Gasteiger partial charge in [0.25, 0.3) is 0 Å². The van der Waals surface area contributed by atoms with Crippen molar-refractivity contribution < 1.29 is 22.0 Å². The molecule has 0 bridgehead atoms. The minimum atomic E-state index is -4.69. The summed E-state index contributed by atoms with van der Waals surface area (Å²) in [7, 11) is 0. The van der Waals surface area contributed by atoms with E-state index in [1.807, 2.05) is 6.07 Å². The molecule has 2 aromatic rings. The molecule has 0 aliphatic rings. The van der Waals surface area contributed by atoms with Crippen LogP contribution in [-0.2, 0) is 19.3 Å². The molecular formula is C19H17F5N4. The van der Waals surface area contributed by atoms with Gasteiger partial charge in [-0.25, -0.2) is 13.8 Å². The van der Waals surface area contributed by atoms with E-state index in [1.54, 1.807) is 6.92 Å². The first-order valence-electron chi connectivity index (χ1n) is 8.31. The van der Waals surface area contributed by atoms with Gasteiger partial charge in [-0.2, -0.15) is 18.4 Å². The number of benzene rings is 2. The van der Waals surface area contributed by atoms with Crippen molar-refractivity contribution in [1.29, 1.82) is 5.26 Å². The Bertz CT molecular complexity index is 900. The van der Waals surface area contributed by atoms with Crippen molar-refractivity contribution in [2.45, 2.75) is 26.2 Å². The Labute approximate surface area is 158 Å².